The fourth-order valence-corrected chi connectivity index (χ4v) is 1.52. The van der Waals surface area contributed by atoms with Crippen LogP contribution in [-0.4, -0.2) is 36.2 Å². The van der Waals surface area contributed by atoms with E-state index in [0.29, 0.717) is 19.1 Å². The Morgan fingerprint density at radius 2 is 2.14 bits per heavy atom. The van der Waals surface area contributed by atoms with Crippen molar-refractivity contribution in [2.75, 3.05) is 25.2 Å². The van der Waals surface area contributed by atoms with E-state index in [9.17, 15) is 4.79 Å². The summed E-state index contributed by atoms with van der Waals surface area (Å²) < 4.78 is 5.13. The Hall–Kier alpha value is -1.36. The first-order valence-corrected chi connectivity index (χ1v) is 4.51. The maximum absolute atomic E-state index is 11.5. The van der Waals surface area contributed by atoms with Crippen LogP contribution in [0.15, 0.2) is 4.52 Å². The van der Waals surface area contributed by atoms with Gasteiger partial charge in [-0.3, -0.25) is 14.6 Å². The molecule has 0 atom stereocenters. The van der Waals surface area contributed by atoms with Crippen molar-refractivity contribution >= 4 is 11.8 Å². The van der Waals surface area contributed by atoms with Gasteiger partial charge in [-0.25, -0.2) is 0 Å². The predicted molar refractivity (Wildman–Crippen MR) is 51.0 cm³/mol. The average molecular weight is 195 g/mol. The van der Waals surface area contributed by atoms with Gasteiger partial charge in [0.05, 0.1) is 18.9 Å². The number of carbonyl (C=O) groups is 1. The van der Waals surface area contributed by atoms with E-state index in [4.69, 9.17) is 4.52 Å². The monoisotopic (exact) mass is 195 g/mol. The molecule has 5 heteroatoms. The van der Waals surface area contributed by atoms with Crippen molar-refractivity contribution in [2.45, 2.75) is 13.8 Å². The van der Waals surface area contributed by atoms with Gasteiger partial charge < -0.3 is 4.52 Å². The summed E-state index contributed by atoms with van der Waals surface area (Å²) >= 11 is 0. The van der Waals surface area contributed by atoms with E-state index in [2.05, 4.69) is 5.16 Å². The number of anilines is 1. The zero-order chi connectivity index (χ0) is 10.3. The minimum atomic E-state index is 0.0618. The lowest BCUT2D eigenvalue weighted by molar-refractivity contribution is -0.116. The number of amides is 1. The van der Waals surface area contributed by atoms with Crippen LogP contribution in [0.5, 0.6) is 0 Å². The summed E-state index contributed by atoms with van der Waals surface area (Å²) in [5.41, 5.74) is 1.77. The van der Waals surface area contributed by atoms with Crippen molar-refractivity contribution in [1.82, 2.24) is 10.1 Å². The molecular weight excluding hydrogens is 182 g/mol. The molecule has 14 heavy (non-hydrogen) atoms. The van der Waals surface area contributed by atoms with E-state index < -0.39 is 0 Å². The molecule has 1 saturated heterocycles. The summed E-state index contributed by atoms with van der Waals surface area (Å²) in [6.45, 7) is 4.80. The molecule has 0 aromatic carbocycles. The van der Waals surface area contributed by atoms with E-state index in [0.717, 1.165) is 11.3 Å². The molecular formula is C9H13N3O2. The third-order valence-corrected chi connectivity index (χ3v) is 2.47. The third kappa shape index (κ3) is 1.29. The highest BCUT2D eigenvalue weighted by Crippen LogP contribution is 2.24. The topological polar surface area (TPSA) is 49.6 Å². The predicted octanol–water partition coefficient (Wildman–Crippen LogP) is 0.527. The lowest BCUT2D eigenvalue weighted by atomic mass is 10.3. The number of nitrogens with zero attached hydrogens (tertiary/aromatic N) is 3. The van der Waals surface area contributed by atoms with Gasteiger partial charge in [-0.05, 0) is 20.9 Å². The molecule has 2 rings (SSSR count). The van der Waals surface area contributed by atoms with E-state index in [1.165, 1.54) is 0 Å². The van der Waals surface area contributed by atoms with Crippen molar-refractivity contribution in [3.05, 3.63) is 11.3 Å². The van der Waals surface area contributed by atoms with Gasteiger partial charge in [-0.2, -0.15) is 0 Å². The molecule has 76 valence electrons. The van der Waals surface area contributed by atoms with Crippen molar-refractivity contribution in [2.24, 2.45) is 0 Å². The Morgan fingerprint density at radius 3 is 2.57 bits per heavy atom. The summed E-state index contributed by atoms with van der Waals surface area (Å²) in [6.07, 6.45) is 0. The normalized spacial score (nSPS) is 18.2. The summed E-state index contributed by atoms with van der Waals surface area (Å²) in [6, 6.07) is 0. The standard InChI is InChI=1S/C9H13N3O2/c1-6-7(2)10-14-9(6)12-5-11(3)4-8(12)13/h4-5H2,1-3H3. The molecule has 1 fully saturated rings. The van der Waals surface area contributed by atoms with Gasteiger partial charge in [0.15, 0.2) is 0 Å². The molecule has 0 N–H and O–H groups in total. The average Bonchev–Trinajstić information content (AvgIpc) is 2.59. The number of hydrogen-bond acceptors (Lipinski definition) is 4. The number of likely N-dealkylation sites (N-methyl/N-ethyl adjacent to an activating group) is 1. The third-order valence-electron chi connectivity index (χ3n) is 2.47. The zero-order valence-electron chi connectivity index (χ0n) is 8.57. The number of aromatic nitrogens is 1. The molecule has 0 bridgehead atoms. The van der Waals surface area contributed by atoms with Crippen molar-refractivity contribution in [3.63, 3.8) is 0 Å². The second-order valence-electron chi connectivity index (χ2n) is 3.68. The minimum absolute atomic E-state index is 0.0618. The largest absolute Gasteiger partial charge is 0.338 e. The van der Waals surface area contributed by atoms with Gasteiger partial charge in [-0.15, -0.1) is 0 Å². The van der Waals surface area contributed by atoms with E-state index >= 15 is 0 Å². The van der Waals surface area contributed by atoms with E-state index in [-0.39, 0.29) is 5.91 Å². The van der Waals surface area contributed by atoms with Crippen molar-refractivity contribution in [3.8, 4) is 0 Å². The van der Waals surface area contributed by atoms with E-state index in [1.54, 1.807) is 4.90 Å². The highest BCUT2D eigenvalue weighted by atomic mass is 16.5. The van der Waals surface area contributed by atoms with Crippen LogP contribution < -0.4 is 4.90 Å². The lowest BCUT2D eigenvalue weighted by Crippen LogP contribution is -2.26. The Labute approximate surface area is 82.3 Å². The van der Waals surface area contributed by atoms with E-state index in [1.807, 2.05) is 25.8 Å². The van der Waals surface area contributed by atoms with Gasteiger partial charge in [0.2, 0.25) is 11.8 Å². The molecule has 1 amide bonds. The van der Waals surface area contributed by atoms with Crippen LogP contribution in [0.3, 0.4) is 0 Å². The number of hydrogen-bond donors (Lipinski definition) is 0. The maximum atomic E-state index is 11.5. The van der Waals surface area contributed by atoms with Crippen LogP contribution in [0.25, 0.3) is 0 Å². The molecule has 0 radical (unpaired) electrons. The van der Waals surface area contributed by atoms with Crippen LogP contribution in [0.4, 0.5) is 5.88 Å². The summed E-state index contributed by atoms with van der Waals surface area (Å²) in [7, 11) is 1.90. The Morgan fingerprint density at radius 1 is 1.43 bits per heavy atom. The summed E-state index contributed by atoms with van der Waals surface area (Å²) in [5, 5.41) is 3.83. The molecule has 1 aromatic heterocycles. The fraction of sp³-hybridized carbons (Fsp3) is 0.556. The first-order chi connectivity index (χ1) is 6.59. The Kier molecular flexibility index (Phi) is 2.03. The molecule has 1 aromatic rings. The van der Waals surface area contributed by atoms with Crippen LogP contribution in [0.1, 0.15) is 11.3 Å². The van der Waals surface area contributed by atoms with Gasteiger partial charge in [0.25, 0.3) is 0 Å². The second-order valence-corrected chi connectivity index (χ2v) is 3.68. The van der Waals surface area contributed by atoms with Gasteiger partial charge in [0.1, 0.15) is 0 Å². The zero-order valence-corrected chi connectivity index (χ0v) is 8.57. The molecule has 1 aliphatic heterocycles. The first kappa shape index (κ1) is 9.21. The van der Waals surface area contributed by atoms with Crippen LogP contribution in [0, 0.1) is 13.8 Å². The molecule has 0 saturated carbocycles. The van der Waals surface area contributed by atoms with Crippen LogP contribution in [-0.2, 0) is 4.79 Å². The lowest BCUT2D eigenvalue weighted by Gasteiger charge is -2.12. The SMILES string of the molecule is Cc1noc(N2CN(C)CC2=O)c1C. The van der Waals surface area contributed by atoms with Gasteiger partial charge in [-0.1, -0.05) is 5.16 Å². The van der Waals surface area contributed by atoms with Crippen LogP contribution >= 0.6 is 0 Å². The molecule has 0 aliphatic carbocycles. The van der Waals surface area contributed by atoms with Crippen LogP contribution in [0.2, 0.25) is 0 Å². The molecule has 0 unspecified atom stereocenters. The van der Waals surface area contributed by atoms with Crippen molar-refractivity contribution < 1.29 is 9.32 Å². The summed E-state index contributed by atoms with van der Waals surface area (Å²) in [5.74, 6) is 0.642. The Balaban J connectivity index is 2.32. The molecule has 1 aliphatic rings. The van der Waals surface area contributed by atoms with Crippen molar-refractivity contribution in [1.29, 1.82) is 0 Å². The molecule has 5 nitrogen and oxygen atoms in total. The second kappa shape index (κ2) is 3.09. The fourth-order valence-electron chi connectivity index (χ4n) is 1.52. The number of carbonyl (C=O) groups excluding carboxylic acids is 1. The van der Waals surface area contributed by atoms with Gasteiger partial charge in [0, 0.05) is 5.56 Å². The highest BCUT2D eigenvalue weighted by Gasteiger charge is 2.30. The number of aryl methyl sites for hydroxylation is 1. The smallest absolute Gasteiger partial charge is 0.244 e. The van der Waals surface area contributed by atoms with Gasteiger partial charge >= 0.3 is 0 Å². The quantitative estimate of drug-likeness (QED) is 0.655. The first-order valence-electron chi connectivity index (χ1n) is 4.51. The number of rotatable bonds is 1. The molecule has 2 heterocycles. The highest BCUT2D eigenvalue weighted by molar-refractivity contribution is 5.95. The summed E-state index contributed by atoms with van der Waals surface area (Å²) in [4.78, 5) is 15.1. The maximum Gasteiger partial charge on any atom is 0.244 e. The Bertz CT molecular complexity index is 372. The minimum Gasteiger partial charge on any atom is -0.338 e. The molecule has 0 spiro atoms.